The number of ether oxygens (including phenoxy) is 2. The topological polar surface area (TPSA) is 120 Å². The van der Waals surface area contributed by atoms with Crippen molar-refractivity contribution in [2.45, 2.75) is 97.7 Å². The number of rotatable bonds is 7. The summed E-state index contributed by atoms with van der Waals surface area (Å²) in [7, 11) is 0.673. The highest BCUT2D eigenvalue weighted by Gasteiger charge is 2.52. The van der Waals surface area contributed by atoms with Gasteiger partial charge >= 0.3 is 13.2 Å². The maximum Gasteiger partial charge on any atom is 0.494 e. The molecule has 2 fully saturated rings. The molecule has 3 aromatic heterocycles. The molecule has 6 heterocycles. The van der Waals surface area contributed by atoms with Crippen LogP contribution >= 0.6 is 22.9 Å². The molecule has 0 spiro atoms. The number of halogens is 2. The lowest BCUT2D eigenvalue weighted by Gasteiger charge is -2.32. The summed E-state index contributed by atoms with van der Waals surface area (Å²) >= 11 is 8.94. The van der Waals surface area contributed by atoms with Crippen LogP contribution in [0.15, 0.2) is 42.6 Å². The molecule has 294 valence electrons. The zero-order valence-electron chi connectivity index (χ0n) is 33.0. The first kappa shape index (κ1) is 38.5. The van der Waals surface area contributed by atoms with Gasteiger partial charge in [0, 0.05) is 22.4 Å². The van der Waals surface area contributed by atoms with Crippen molar-refractivity contribution in [3.05, 3.63) is 74.6 Å². The number of hydrogen-bond donors (Lipinski definition) is 2. The fourth-order valence-electron chi connectivity index (χ4n) is 7.88. The van der Waals surface area contributed by atoms with Crippen LogP contribution in [0, 0.1) is 25.6 Å². The summed E-state index contributed by atoms with van der Waals surface area (Å²) in [6, 6.07) is 10.2. The molecule has 5 aromatic rings. The van der Waals surface area contributed by atoms with E-state index in [0.29, 0.717) is 46.5 Å². The van der Waals surface area contributed by atoms with E-state index in [4.69, 9.17) is 30.4 Å². The molecule has 3 unspecified atom stereocenters. The summed E-state index contributed by atoms with van der Waals surface area (Å²) in [5, 5.41) is 3.82. The van der Waals surface area contributed by atoms with E-state index in [1.54, 1.807) is 22.4 Å². The van der Waals surface area contributed by atoms with Crippen molar-refractivity contribution in [1.82, 2.24) is 24.8 Å². The maximum atomic E-state index is 16.8. The third kappa shape index (κ3) is 6.29. The summed E-state index contributed by atoms with van der Waals surface area (Å²) in [6.07, 6.45) is 1.82. The summed E-state index contributed by atoms with van der Waals surface area (Å²) < 4.78 is 43.0. The molecule has 56 heavy (non-hydrogen) atoms. The first-order chi connectivity index (χ1) is 26.5. The summed E-state index contributed by atoms with van der Waals surface area (Å²) in [5.74, 6) is 0.0470. The van der Waals surface area contributed by atoms with Crippen molar-refractivity contribution in [2.75, 3.05) is 13.7 Å². The van der Waals surface area contributed by atoms with Crippen LogP contribution in [0.1, 0.15) is 87.8 Å². The number of aryl methyl sites for hydroxylation is 2. The molecule has 0 bridgehead atoms. The second kappa shape index (κ2) is 13.9. The largest absolute Gasteiger partial charge is 0.494 e. The van der Waals surface area contributed by atoms with Gasteiger partial charge in [-0.2, -0.15) is 0 Å². The van der Waals surface area contributed by atoms with E-state index >= 15 is 4.39 Å². The van der Waals surface area contributed by atoms with Gasteiger partial charge in [-0.1, -0.05) is 37.6 Å². The van der Waals surface area contributed by atoms with E-state index < -0.39 is 42.5 Å². The van der Waals surface area contributed by atoms with Crippen molar-refractivity contribution in [2.24, 2.45) is 5.92 Å². The first-order valence-electron chi connectivity index (χ1n) is 19.0. The van der Waals surface area contributed by atoms with Gasteiger partial charge in [-0.25, -0.2) is 14.2 Å². The zero-order valence-corrected chi connectivity index (χ0v) is 34.6. The Morgan fingerprint density at radius 1 is 1.12 bits per heavy atom. The second-order valence-electron chi connectivity index (χ2n) is 16.3. The quantitative estimate of drug-likeness (QED) is 0.159. The van der Waals surface area contributed by atoms with Crippen LogP contribution in [0.4, 0.5) is 9.18 Å². The third-order valence-corrected chi connectivity index (χ3v) is 13.4. The number of thiophene rings is 1. The lowest BCUT2D eigenvalue weighted by Crippen LogP contribution is -2.51. The van der Waals surface area contributed by atoms with Gasteiger partial charge in [0.1, 0.15) is 23.4 Å². The molecule has 15 heteroatoms. The highest BCUT2D eigenvalue weighted by Crippen LogP contribution is 2.51. The highest BCUT2D eigenvalue weighted by atomic mass is 35.5. The van der Waals surface area contributed by atoms with E-state index in [2.05, 4.69) is 35.2 Å². The van der Waals surface area contributed by atoms with E-state index in [9.17, 15) is 9.59 Å². The normalized spacial score (nSPS) is 20.3. The Morgan fingerprint density at radius 2 is 1.86 bits per heavy atom. The van der Waals surface area contributed by atoms with E-state index in [0.717, 1.165) is 38.1 Å². The molecule has 3 aliphatic rings. The van der Waals surface area contributed by atoms with Crippen LogP contribution < -0.4 is 15.5 Å². The molecule has 8 rings (SSSR count). The van der Waals surface area contributed by atoms with E-state index in [1.165, 1.54) is 13.2 Å². The number of aromatic amines is 1. The van der Waals surface area contributed by atoms with Gasteiger partial charge in [0.2, 0.25) is 12.1 Å². The van der Waals surface area contributed by atoms with E-state index in [1.807, 2.05) is 70.4 Å². The van der Waals surface area contributed by atoms with Gasteiger partial charge in [0.05, 0.1) is 62.9 Å². The number of aromatic nitrogens is 3. The Morgan fingerprint density at radius 3 is 2.52 bits per heavy atom. The van der Waals surface area contributed by atoms with Crippen LogP contribution in [0.2, 0.25) is 5.02 Å². The molecule has 2 amide bonds. The van der Waals surface area contributed by atoms with Gasteiger partial charge in [-0.05, 0) is 95.6 Å². The molecule has 2 saturated heterocycles. The van der Waals surface area contributed by atoms with Crippen LogP contribution in [-0.2, 0) is 18.8 Å². The number of H-pyrrole nitrogens is 1. The van der Waals surface area contributed by atoms with Crippen LogP contribution in [-0.4, -0.2) is 69.5 Å². The Kier molecular flexibility index (Phi) is 9.58. The number of carbonyl (C=O) groups excluding carboxylic acids is 2. The third-order valence-electron chi connectivity index (χ3n) is 11.8. The minimum atomic E-state index is -0.758. The SMILES string of the molecule is COC(=O)NC(C(=O)N1CCCC1c1ncc(-c2cc(F)c3c(c2)OC(c2cc(C)c(C)s2)n2c-3c(Cl)c3cc(B4OC(C)(C)C(C)(C)O4)ccc32)[nH]1)C(C)C. The average Bonchev–Trinajstić information content (AvgIpc) is 3.98. The van der Waals surface area contributed by atoms with Gasteiger partial charge in [-0.15, -0.1) is 11.3 Å². The fourth-order valence-corrected chi connectivity index (χ4v) is 9.28. The number of likely N-dealkylation sites (tertiary alicyclic amines) is 1. The number of hydrogen-bond acceptors (Lipinski definition) is 8. The van der Waals surface area contributed by atoms with Crippen molar-refractivity contribution >= 4 is 58.4 Å². The minimum absolute atomic E-state index is 0.163. The molecule has 2 N–H and O–H groups in total. The first-order valence-corrected chi connectivity index (χ1v) is 20.2. The molecule has 11 nitrogen and oxygen atoms in total. The Labute approximate surface area is 335 Å². The predicted octanol–water partition coefficient (Wildman–Crippen LogP) is 8.45. The Bertz CT molecular complexity index is 2350. The lowest BCUT2D eigenvalue weighted by atomic mass is 9.78. The number of methoxy groups -OCH3 is 1. The Hall–Kier alpha value is -4.37. The standard InChI is InChI=1S/C41H46BClFN5O6S/c1-20(2)34(47-39(51)52-9)37(50)48-14-10-11-29(48)36-45-19-27(46-36)23-16-26(44)32-30(17-23)53-38(31-15-21(3)22(4)56-31)49-28-13-12-24(18-25(28)33(43)35(32)49)42-54-40(5,6)41(7,8)55-42/h12-13,15-20,29,34,38H,10-11,14H2,1-9H3,(H,45,46)(H,47,51). The number of nitrogens with one attached hydrogen (secondary N) is 2. The Balaban J connectivity index is 1.18. The average molecular weight is 802 g/mol. The smallest absolute Gasteiger partial charge is 0.464 e. The highest BCUT2D eigenvalue weighted by molar-refractivity contribution is 7.12. The van der Waals surface area contributed by atoms with Gasteiger partial charge in [-0.3, -0.25) is 9.36 Å². The number of nitrogens with zero attached hydrogens (tertiary/aromatic N) is 3. The zero-order chi connectivity index (χ0) is 40.0. The number of carbonyl (C=O) groups is 2. The molecular weight excluding hydrogens is 756 g/mol. The molecular formula is C41H46BClFN5O6S. The minimum Gasteiger partial charge on any atom is -0.464 e. The van der Waals surface area contributed by atoms with Crippen molar-refractivity contribution in [1.29, 1.82) is 0 Å². The lowest BCUT2D eigenvalue weighted by molar-refractivity contribution is -0.135. The van der Waals surface area contributed by atoms with Crippen molar-refractivity contribution < 1.29 is 32.8 Å². The number of amides is 2. The van der Waals surface area contributed by atoms with Gasteiger partial charge in [0.15, 0.2) is 0 Å². The molecule has 0 aliphatic carbocycles. The molecule has 0 radical (unpaired) electrons. The molecule has 2 aromatic carbocycles. The predicted molar refractivity (Wildman–Crippen MR) is 216 cm³/mol. The number of alkyl carbamates (subject to hydrolysis) is 1. The van der Waals surface area contributed by atoms with Crippen LogP contribution in [0.25, 0.3) is 33.4 Å². The second-order valence-corrected chi connectivity index (χ2v) is 18.0. The van der Waals surface area contributed by atoms with Crippen molar-refractivity contribution in [3.63, 3.8) is 0 Å². The van der Waals surface area contributed by atoms with Crippen LogP contribution in [0.5, 0.6) is 5.75 Å². The molecule has 3 aliphatic heterocycles. The fraction of sp³-hybridized carbons (Fsp3) is 0.439. The maximum absolute atomic E-state index is 16.8. The van der Waals surface area contributed by atoms with Crippen molar-refractivity contribution in [3.8, 4) is 28.3 Å². The summed E-state index contributed by atoms with van der Waals surface area (Å²) in [6.45, 7) is 16.5. The molecule has 3 atom stereocenters. The van der Waals surface area contributed by atoms with Gasteiger partial charge < -0.3 is 34.0 Å². The van der Waals surface area contributed by atoms with Gasteiger partial charge in [0.25, 0.3) is 0 Å². The number of benzene rings is 2. The number of imidazole rings is 1. The van der Waals surface area contributed by atoms with E-state index in [-0.39, 0.29) is 23.4 Å². The van der Waals surface area contributed by atoms with Crippen LogP contribution in [0.3, 0.4) is 0 Å². The monoisotopic (exact) mass is 801 g/mol. The summed E-state index contributed by atoms with van der Waals surface area (Å²) in [4.78, 5) is 37.7. The molecule has 0 saturated carbocycles. The summed E-state index contributed by atoms with van der Waals surface area (Å²) in [5.41, 5.74) is 3.59. The number of fused-ring (bicyclic) bond motifs is 5.